The molecular weight excluding hydrogens is 463 g/mol. The maximum absolute atomic E-state index is 15.8. The highest BCUT2D eigenvalue weighted by Gasteiger charge is 2.54. The lowest BCUT2D eigenvalue weighted by molar-refractivity contribution is -0.0456. The van der Waals surface area contributed by atoms with E-state index in [1.165, 1.54) is 0 Å². The number of nitrogens with zero attached hydrogens (tertiary/aromatic N) is 4. The molecule has 1 spiro atoms. The molecule has 4 rings (SSSR count). The number of fused-ring (bicyclic) bond motifs is 1. The molecule has 1 amide bonds. The molecule has 35 heavy (non-hydrogen) atoms. The summed E-state index contributed by atoms with van der Waals surface area (Å²) in [6.07, 6.45) is 3.52. The maximum Gasteiger partial charge on any atom is 0.410 e. The Kier molecular flexibility index (Phi) is 6.72. The summed E-state index contributed by atoms with van der Waals surface area (Å²) in [5, 5.41) is 0.642. The van der Waals surface area contributed by atoms with Crippen LogP contribution in [0.3, 0.4) is 0 Å². The zero-order chi connectivity index (χ0) is 25.8. The number of amides is 1. The highest BCUT2D eigenvalue weighted by molar-refractivity contribution is 6.76. The summed E-state index contributed by atoms with van der Waals surface area (Å²) in [6.45, 7) is 20.6. The number of likely N-dealkylation sites (tertiary alicyclic amines) is 1. The van der Waals surface area contributed by atoms with E-state index in [1.807, 2.05) is 36.4 Å². The van der Waals surface area contributed by atoms with Gasteiger partial charge in [0.05, 0.1) is 11.7 Å². The van der Waals surface area contributed by atoms with E-state index < -0.39 is 13.7 Å². The number of hydrogen-bond acceptors (Lipinski definition) is 5. The van der Waals surface area contributed by atoms with Crippen LogP contribution < -0.4 is 4.90 Å². The van der Waals surface area contributed by atoms with Gasteiger partial charge < -0.3 is 23.8 Å². The number of halogens is 1. The summed E-state index contributed by atoms with van der Waals surface area (Å²) >= 11 is 0. The zero-order valence-electron chi connectivity index (χ0n) is 22.6. The van der Waals surface area contributed by atoms with Crippen LogP contribution in [-0.2, 0) is 16.2 Å². The SMILES string of the molecule is CC(C)c1cn(COCC[Si](C)(C)C)c2cnc(N3CC4(CN(C(=O)OC(C)(C)C)C4)C3)c(F)c12. The van der Waals surface area contributed by atoms with Crippen LogP contribution in [0.4, 0.5) is 15.0 Å². The first-order valence-electron chi connectivity index (χ1n) is 12.7. The van der Waals surface area contributed by atoms with Crippen molar-refractivity contribution in [3.8, 4) is 0 Å². The van der Waals surface area contributed by atoms with E-state index in [9.17, 15) is 4.79 Å². The number of aromatic nitrogens is 2. The van der Waals surface area contributed by atoms with Crippen molar-refractivity contribution < 1.29 is 18.7 Å². The molecule has 2 saturated heterocycles. The van der Waals surface area contributed by atoms with Gasteiger partial charge in [0.15, 0.2) is 11.6 Å². The molecule has 2 aromatic heterocycles. The molecule has 4 heterocycles. The highest BCUT2D eigenvalue weighted by Crippen LogP contribution is 2.44. The van der Waals surface area contributed by atoms with Crippen molar-refractivity contribution in [1.29, 1.82) is 0 Å². The Hall–Kier alpha value is -2.13. The Morgan fingerprint density at radius 3 is 2.43 bits per heavy atom. The Morgan fingerprint density at radius 2 is 1.86 bits per heavy atom. The third-order valence-corrected chi connectivity index (χ3v) is 8.48. The minimum atomic E-state index is -1.16. The van der Waals surface area contributed by atoms with Crippen molar-refractivity contribution in [2.24, 2.45) is 5.41 Å². The quantitative estimate of drug-likeness (QED) is 0.359. The average molecular weight is 505 g/mol. The average Bonchev–Trinajstić information content (AvgIpc) is 3.02. The fourth-order valence-electron chi connectivity index (χ4n) is 4.90. The van der Waals surface area contributed by atoms with Gasteiger partial charge in [0.25, 0.3) is 0 Å². The van der Waals surface area contributed by atoms with E-state index >= 15 is 4.39 Å². The molecule has 7 nitrogen and oxygen atoms in total. The Labute approximate surface area is 209 Å². The van der Waals surface area contributed by atoms with Gasteiger partial charge in [-0.2, -0.15) is 0 Å². The van der Waals surface area contributed by atoms with E-state index in [2.05, 4.69) is 38.5 Å². The number of pyridine rings is 1. The number of hydrogen-bond donors (Lipinski definition) is 0. The molecule has 0 atom stereocenters. The summed E-state index contributed by atoms with van der Waals surface area (Å²) in [5.41, 5.74) is 1.26. The van der Waals surface area contributed by atoms with Gasteiger partial charge in [-0.3, -0.25) is 0 Å². The number of anilines is 1. The lowest BCUT2D eigenvalue weighted by Crippen LogP contribution is -2.73. The van der Waals surface area contributed by atoms with Crippen LogP contribution in [0.15, 0.2) is 12.4 Å². The molecule has 2 aliphatic heterocycles. The standard InChI is InChI=1S/C26H41FN4O3Si/c1-18(2)19-12-29(17-33-9-10-35(6,7)8)20-11-28-23(22(27)21(19)20)30-13-26(14-30)15-31(16-26)24(32)34-25(3,4)5/h11-12,18H,9-10,13-17H2,1-8H3. The molecule has 2 aromatic rings. The predicted octanol–water partition coefficient (Wildman–Crippen LogP) is 5.67. The van der Waals surface area contributed by atoms with Crippen molar-refractivity contribution in [1.82, 2.24) is 14.5 Å². The predicted molar refractivity (Wildman–Crippen MR) is 140 cm³/mol. The topological polar surface area (TPSA) is 59.8 Å². The summed E-state index contributed by atoms with van der Waals surface area (Å²) in [5.74, 6) is 0.325. The van der Waals surface area contributed by atoms with E-state index in [-0.39, 0.29) is 23.2 Å². The molecule has 0 aliphatic carbocycles. The number of ether oxygens (including phenoxy) is 2. The monoisotopic (exact) mass is 504 g/mol. The molecular formula is C26H41FN4O3Si. The van der Waals surface area contributed by atoms with Gasteiger partial charge in [-0.25, -0.2) is 14.2 Å². The molecule has 0 N–H and O–H groups in total. The summed E-state index contributed by atoms with van der Waals surface area (Å²) < 4.78 is 29.2. The first-order valence-corrected chi connectivity index (χ1v) is 16.4. The molecule has 9 heteroatoms. The highest BCUT2D eigenvalue weighted by atomic mass is 28.3. The van der Waals surface area contributed by atoms with Crippen molar-refractivity contribution in [3.05, 3.63) is 23.8 Å². The Bertz CT molecular complexity index is 1090. The van der Waals surface area contributed by atoms with Gasteiger partial charge in [-0.05, 0) is 38.3 Å². The Morgan fingerprint density at radius 1 is 1.20 bits per heavy atom. The van der Waals surface area contributed by atoms with Crippen LogP contribution in [-0.4, -0.2) is 67.0 Å². The van der Waals surface area contributed by atoms with Crippen molar-refractivity contribution >= 4 is 30.9 Å². The van der Waals surface area contributed by atoms with E-state index in [0.717, 1.165) is 23.7 Å². The van der Waals surface area contributed by atoms with Crippen molar-refractivity contribution in [2.45, 2.75) is 78.6 Å². The van der Waals surface area contributed by atoms with E-state index in [1.54, 1.807) is 11.1 Å². The van der Waals surface area contributed by atoms with E-state index in [4.69, 9.17) is 9.47 Å². The first kappa shape index (κ1) is 25.9. The smallest absolute Gasteiger partial charge is 0.410 e. The summed E-state index contributed by atoms with van der Waals surface area (Å²) in [6, 6.07) is 1.10. The summed E-state index contributed by atoms with van der Waals surface area (Å²) in [4.78, 5) is 20.5. The molecule has 0 radical (unpaired) electrons. The molecule has 0 unspecified atom stereocenters. The molecule has 2 fully saturated rings. The first-order chi connectivity index (χ1) is 16.2. The van der Waals surface area contributed by atoms with E-state index in [0.29, 0.717) is 44.1 Å². The molecule has 0 bridgehead atoms. The van der Waals surface area contributed by atoms with Crippen LogP contribution in [0, 0.1) is 11.2 Å². The molecule has 194 valence electrons. The second-order valence-corrected chi connectivity index (χ2v) is 18.5. The van der Waals surface area contributed by atoms with Gasteiger partial charge in [-0.1, -0.05) is 33.5 Å². The fraction of sp³-hybridized carbons (Fsp3) is 0.692. The van der Waals surface area contributed by atoms with Gasteiger partial charge >= 0.3 is 6.09 Å². The van der Waals surface area contributed by atoms with Gasteiger partial charge in [0.1, 0.15) is 12.3 Å². The third kappa shape index (κ3) is 5.50. The van der Waals surface area contributed by atoms with Crippen LogP contribution in [0.2, 0.25) is 25.7 Å². The largest absolute Gasteiger partial charge is 0.444 e. The normalized spacial score (nSPS) is 17.8. The minimum Gasteiger partial charge on any atom is -0.444 e. The number of rotatable bonds is 7. The second-order valence-electron chi connectivity index (χ2n) is 12.9. The van der Waals surface area contributed by atoms with Crippen LogP contribution >= 0.6 is 0 Å². The zero-order valence-corrected chi connectivity index (χ0v) is 23.6. The van der Waals surface area contributed by atoms with Crippen molar-refractivity contribution in [3.63, 3.8) is 0 Å². The van der Waals surface area contributed by atoms with Gasteiger partial charge in [0.2, 0.25) is 0 Å². The molecule has 0 saturated carbocycles. The third-order valence-electron chi connectivity index (χ3n) is 6.78. The lowest BCUT2D eigenvalue weighted by Gasteiger charge is -2.60. The van der Waals surface area contributed by atoms with Crippen molar-refractivity contribution in [2.75, 3.05) is 37.7 Å². The molecule has 0 aromatic carbocycles. The van der Waals surface area contributed by atoms with Gasteiger partial charge in [-0.15, -0.1) is 0 Å². The summed E-state index contributed by atoms with van der Waals surface area (Å²) in [7, 11) is -1.16. The fourth-order valence-corrected chi connectivity index (χ4v) is 5.66. The molecule has 2 aliphatic rings. The van der Waals surface area contributed by atoms with Crippen LogP contribution in [0.25, 0.3) is 10.9 Å². The lowest BCUT2D eigenvalue weighted by atomic mass is 9.73. The Balaban J connectivity index is 1.45. The van der Waals surface area contributed by atoms with Crippen LogP contribution in [0.1, 0.15) is 46.1 Å². The number of carbonyl (C=O) groups excluding carboxylic acids is 1. The minimum absolute atomic E-state index is 0.0109. The van der Waals surface area contributed by atoms with Crippen LogP contribution in [0.5, 0.6) is 0 Å². The maximum atomic E-state index is 15.8. The number of carbonyl (C=O) groups is 1. The second kappa shape index (κ2) is 9.07. The van der Waals surface area contributed by atoms with Gasteiger partial charge in [0, 0.05) is 57.9 Å².